The van der Waals surface area contributed by atoms with Gasteiger partial charge in [-0.15, -0.1) is 16.9 Å². The first kappa shape index (κ1) is 26.2. The summed E-state index contributed by atoms with van der Waals surface area (Å²) in [5.41, 5.74) is 1.02. The number of nitrogens with one attached hydrogen (secondary N) is 1. The van der Waals surface area contributed by atoms with E-state index in [-0.39, 0.29) is 23.4 Å². The molecule has 0 spiro atoms. The molecule has 192 valence electrons. The van der Waals surface area contributed by atoms with E-state index in [1.54, 1.807) is 23.9 Å². The van der Waals surface area contributed by atoms with Gasteiger partial charge in [0, 0.05) is 23.2 Å². The number of hydrogen-bond acceptors (Lipinski definition) is 8. The Hall–Kier alpha value is -2.89. The number of sulfonamides is 1. The molecule has 1 saturated heterocycles. The summed E-state index contributed by atoms with van der Waals surface area (Å²) >= 11 is 1.79. The van der Waals surface area contributed by atoms with E-state index in [0.29, 0.717) is 42.7 Å². The number of carbonyl (C=O) groups is 1. The molecule has 4 rings (SSSR count). The van der Waals surface area contributed by atoms with E-state index in [9.17, 15) is 13.2 Å². The molecule has 2 heterocycles. The molecule has 1 unspecified atom stereocenters. The Morgan fingerprint density at radius 1 is 1.17 bits per heavy atom. The van der Waals surface area contributed by atoms with Gasteiger partial charge in [-0.25, -0.2) is 8.42 Å². The third-order valence-corrected chi connectivity index (χ3v) is 8.69. The second kappa shape index (κ2) is 11.4. The molecule has 1 atom stereocenters. The smallest absolute Gasteiger partial charge is 0.322 e. The lowest BCUT2D eigenvalue weighted by Gasteiger charge is -2.30. The monoisotopic (exact) mass is 530 g/mol. The first-order chi connectivity index (χ1) is 17.2. The number of benzene rings is 2. The van der Waals surface area contributed by atoms with Gasteiger partial charge in [-0.1, -0.05) is 31.1 Å². The van der Waals surface area contributed by atoms with Crippen molar-refractivity contribution in [3.05, 3.63) is 60.0 Å². The number of amides is 1. The number of hydrogen-bond donors (Lipinski definition) is 1. The van der Waals surface area contributed by atoms with Crippen molar-refractivity contribution in [1.29, 1.82) is 0 Å². The van der Waals surface area contributed by atoms with E-state index in [4.69, 9.17) is 9.15 Å². The number of piperidine rings is 1. The zero-order valence-corrected chi connectivity index (χ0v) is 22.1. The Bertz CT molecular complexity index is 1270. The van der Waals surface area contributed by atoms with Crippen molar-refractivity contribution in [1.82, 2.24) is 14.5 Å². The van der Waals surface area contributed by atoms with Gasteiger partial charge in [-0.3, -0.25) is 10.1 Å². The largest absolute Gasteiger partial charge is 0.497 e. The van der Waals surface area contributed by atoms with Gasteiger partial charge in [0.1, 0.15) is 5.75 Å². The predicted molar refractivity (Wildman–Crippen MR) is 138 cm³/mol. The van der Waals surface area contributed by atoms with Crippen LogP contribution in [0.3, 0.4) is 0 Å². The average molecular weight is 531 g/mol. The number of nitrogens with zero attached hydrogens (tertiary/aromatic N) is 3. The van der Waals surface area contributed by atoms with Gasteiger partial charge < -0.3 is 9.15 Å². The van der Waals surface area contributed by atoms with Crippen LogP contribution in [0, 0.1) is 5.92 Å². The summed E-state index contributed by atoms with van der Waals surface area (Å²) in [6.07, 6.45) is 1.60. The van der Waals surface area contributed by atoms with Crippen molar-refractivity contribution in [2.45, 2.75) is 48.2 Å². The van der Waals surface area contributed by atoms with Crippen LogP contribution in [0.5, 0.6) is 5.75 Å². The van der Waals surface area contributed by atoms with Crippen molar-refractivity contribution in [2.75, 3.05) is 25.5 Å². The molecule has 36 heavy (non-hydrogen) atoms. The molecule has 1 N–H and O–H groups in total. The molecule has 0 saturated carbocycles. The Morgan fingerprint density at radius 3 is 2.56 bits per heavy atom. The van der Waals surface area contributed by atoms with E-state index in [0.717, 1.165) is 5.56 Å². The molecule has 1 amide bonds. The molecule has 1 aromatic heterocycles. The molecule has 11 heteroatoms. The second-order valence-corrected chi connectivity index (χ2v) is 12.4. The lowest BCUT2D eigenvalue weighted by molar-refractivity contribution is -0.121. The van der Waals surface area contributed by atoms with Gasteiger partial charge in [-0.05, 0) is 54.8 Å². The fourth-order valence-electron chi connectivity index (χ4n) is 3.99. The molecule has 1 fully saturated rings. The number of rotatable bonds is 9. The van der Waals surface area contributed by atoms with Crippen LogP contribution in [0.2, 0.25) is 0 Å². The fourth-order valence-corrected chi connectivity index (χ4v) is 6.35. The van der Waals surface area contributed by atoms with E-state index in [1.165, 1.54) is 28.4 Å². The normalized spacial score (nSPS) is 16.7. The number of anilines is 1. The Labute approximate surface area is 215 Å². The topological polar surface area (TPSA) is 115 Å². The summed E-state index contributed by atoms with van der Waals surface area (Å²) in [7, 11) is -2.20. The lowest BCUT2D eigenvalue weighted by atomic mass is 9.99. The first-order valence-corrected chi connectivity index (χ1v) is 14.1. The van der Waals surface area contributed by atoms with Crippen LogP contribution in [0.15, 0.2) is 62.7 Å². The van der Waals surface area contributed by atoms with Gasteiger partial charge in [0.15, 0.2) is 0 Å². The van der Waals surface area contributed by atoms with Gasteiger partial charge in [-0.2, -0.15) is 4.31 Å². The maximum Gasteiger partial charge on any atom is 0.322 e. The SMILES string of the molecule is COc1ccc(S(=O)(=O)N2CCCC(C(=O)Nc3nnc(Cc4ccc(SC(C)C)cc4)o3)C2)cc1. The number of methoxy groups -OCH3 is 1. The van der Waals surface area contributed by atoms with Crippen molar-refractivity contribution in [3.8, 4) is 5.75 Å². The third-order valence-electron chi connectivity index (χ3n) is 5.80. The van der Waals surface area contributed by atoms with Gasteiger partial charge in [0.2, 0.25) is 21.8 Å². The Balaban J connectivity index is 1.35. The lowest BCUT2D eigenvalue weighted by Crippen LogP contribution is -2.43. The van der Waals surface area contributed by atoms with Crippen LogP contribution in [-0.2, 0) is 21.2 Å². The maximum atomic E-state index is 13.1. The molecule has 1 aliphatic heterocycles. The molecule has 9 nitrogen and oxygen atoms in total. The summed E-state index contributed by atoms with van der Waals surface area (Å²) in [4.78, 5) is 14.2. The number of ether oxygens (including phenoxy) is 1. The molecular weight excluding hydrogens is 500 g/mol. The standard InChI is InChI=1S/C25H30N4O5S2/c1-17(2)35-21-10-6-18(7-11-21)15-23-27-28-25(34-23)26-24(30)19-5-4-14-29(16-19)36(31,32)22-12-8-20(33-3)9-13-22/h6-13,17,19H,4-5,14-16H2,1-3H3,(H,26,28,30). The minimum absolute atomic E-state index is 0.0112. The van der Waals surface area contributed by atoms with Crippen LogP contribution < -0.4 is 10.1 Å². The highest BCUT2D eigenvalue weighted by Gasteiger charge is 2.33. The second-order valence-electron chi connectivity index (χ2n) is 8.86. The third kappa shape index (κ3) is 6.45. The van der Waals surface area contributed by atoms with Gasteiger partial charge >= 0.3 is 6.01 Å². The minimum Gasteiger partial charge on any atom is -0.497 e. The number of thioether (sulfide) groups is 1. The highest BCUT2D eigenvalue weighted by atomic mass is 32.2. The van der Waals surface area contributed by atoms with Gasteiger partial charge in [0.25, 0.3) is 0 Å². The van der Waals surface area contributed by atoms with Crippen LogP contribution in [-0.4, -0.2) is 54.3 Å². The quantitative estimate of drug-likeness (QED) is 0.409. The van der Waals surface area contributed by atoms with E-state index in [1.807, 2.05) is 12.1 Å². The summed E-state index contributed by atoms with van der Waals surface area (Å²) < 4.78 is 38.2. The predicted octanol–water partition coefficient (Wildman–Crippen LogP) is 4.21. The summed E-state index contributed by atoms with van der Waals surface area (Å²) in [5, 5.41) is 11.1. The molecule has 2 aromatic carbocycles. The van der Waals surface area contributed by atoms with E-state index >= 15 is 0 Å². The summed E-state index contributed by atoms with van der Waals surface area (Å²) in [6, 6.07) is 14.4. The molecule has 0 bridgehead atoms. The van der Waals surface area contributed by atoms with Crippen LogP contribution in [0.1, 0.15) is 38.1 Å². The molecule has 3 aromatic rings. The Kier molecular flexibility index (Phi) is 8.32. The van der Waals surface area contributed by atoms with Crippen molar-refractivity contribution >= 4 is 33.7 Å². The molecule has 1 aliphatic rings. The van der Waals surface area contributed by atoms with Crippen molar-refractivity contribution in [3.63, 3.8) is 0 Å². The summed E-state index contributed by atoms with van der Waals surface area (Å²) in [5.74, 6) is 0.107. The highest BCUT2D eigenvalue weighted by Crippen LogP contribution is 2.26. The Morgan fingerprint density at radius 2 is 1.89 bits per heavy atom. The van der Waals surface area contributed by atoms with E-state index < -0.39 is 15.9 Å². The van der Waals surface area contributed by atoms with E-state index in [2.05, 4.69) is 41.5 Å². The first-order valence-electron chi connectivity index (χ1n) is 11.8. The van der Waals surface area contributed by atoms with Gasteiger partial charge in [0.05, 0.1) is 24.3 Å². The number of aromatic nitrogens is 2. The summed E-state index contributed by atoms with van der Waals surface area (Å²) in [6.45, 7) is 4.74. The average Bonchev–Trinajstić information content (AvgIpc) is 3.31. The van der Waals surface area contributed by atoms with Crippen molar-refractivity contribution in [2.24, 2.45) is 5.92 Å². The van der Waals surface area contributed by atoms with Crippen molar-refractivity contribution < 1.29 is 22.4 Å². The highest BCUT2D eigenvalue weighted by molar-refractivity contribution is 7.99. The molecule has 0 aliphatic carbocycles. The van der Waals surface area contributed by atoms with Crippen LogP contribution in [0.25, 0.3) is 0 Å². The minimum atomic E-state index is -3.72. The zero-order chi connectivity index (χ0) is 25.7. The maximum absolute atomic E-state index is 13.1. The number of carbonyl (C=O) groups excluding carboxylic acids is 1. The zero-order valence-electron chi connectivity index (χ0n) is 20.5. The van der Waals surface area contributed by atoms with Crippen LogP contribution in [0.4, 0.5) is 6.01 Å². The van der Waals surface area contributed by atoms with Crippen LogP contribution >= 0.6 is 11.8 Å². The molecule has 0 radical (unpaired) electrons. The fraction of sp³-hybridized carbons (Fsp3) is 0.400. The molecular formula is C25H30N4O5S2.